The molecule has 156 valence electrons. The first kappa shape index (κ1) is 20.4. The van der Waals surface area contributed by atoms with Crippen LogP contribution in [-0.2, 0) is 13.0 Å². The number of ether oxygens (including phenoxy) is 1. The van der Waals surface area contributed by atoms with Gasteiger partial charge in [0.05, 0.1) is 12.8 Å². The number of unbranched alkanes of at least 4 members (excludes halogenated alkanes) is 1. The SMILES string of the molecule is COc1ccc(C2CN(C)Cc3cc(CCCCN4CCCCC4)cnc32)cc1. The molecule has 0 spiro atoms. The van der Waals surface area contributed by atoms with Gasteiger partial charge in [-0.25, -0.2) is 0 Å². The molecule has 1 aromatic carbocycles. The molecule has 4 nitrogen and oxygen atoms in total. The smallest absolute Gasteiger partial charge is 0.118 e. The van der Waals surface area contributed by atoms with Gasteiger partial charge in [0.25, 0.3) is 0 Å². The number of nitrogens with zero attached hydrogens (tertiary/aromatic N) is 3. The Hall–Kier alpha value is -1.91. The Bertz CT molecular complexity index is 783. The predicted molar refractivity (Wildman–Crippen MR) is 119 cm³/mol. The fraction of sp³-hybridized carbons (Fsp3) is 0.560. The molecule has 1 saturated heterocycles. The highest BCUT2D eigenvalue weighted by molar-refractivity contribution is 5.39. The molecule has 0 N–H and O–H groups in total. The third-order valence-electron chi connectivity index (χ3n) is 6.48. The summed E-state index contributed by atoms with van der Waals surface area (Å²) in [5, 5.41) is 0. The van der Waals surface area contributed by atoms with Crippen LogP contribution in [0.3, 0.4) is 0 Å². The largest absolute Gasteiger partial charge is 0.497 e. The van der Waals surface area contributed by atoms with Crippen LogP contribution in [-0.4, -0.2) is 55.1 Å². The summed E-state index contributed by atoms with van der Waals surface area (Å²) in [6.45, 7) is 5.89. The van der Waals surface area contributed by atoms with E-state index in [9.17, 15) is 0 Å². The summed E-state index contributed by atoms with van der Waals surface area (Å²) < 4.78 is 5.32. The zero-order valence-corrected chi connectivity index (χ0v) is 18.1. The van der Waals surface area contributed by atoms with Gasteiger partial charge in [-0.2, -0.15) is 0 Å². The molecule has 0 aliphatic carbocycles. The van der Waals surface area contributed by atoms with Crippen molar-refractivity contribution in [2.75, 3.05) is 40.3 Å². The zero-order valence-electron chi connectivity index (χ0n) is 18.1. The molecule has 4 heteroatoms. The van der Waals surface area contributed by atoms with Crippen LogP contribution < -0.4 is 4.74 Å². The van der Waals surface area contributed by atoms with E-state index in [0.29, 0.717) is 5.92 Å². The van der Waals surface area contributed by atoms with E-state index in [0.717, 1.165) is 25.3 Å². The minimum absolute atomic E-state index is 0.336. The van der Waals surface area contributed by atoms with Crippen LogP contribution in [0.4, 0.5) is 0 Å². The highest BCUT2D eigenvalue weighted by Crippen LogP contribution is 2.33. The van der Waals surface area contributed by atoms with Crippen LogP contribution in [0, 0.1) is 0 Å². The lowest BCUT2D eigenvalue weighted by Crippen LogP contribution is -2.32. The molecular formula is C25H35N3O. The van der Waals surface area contributed by atoms with Gasteiger partial charge in [0.2, 0.25) is 0 Å². The second-order valence-electron chi connectivity index (χ2n) is 8.77. The minimum atomic E-state index is 0.336. The minimum Gasteiger partial charge on any atom is -0.497 e. The summed E-state index contributed by atoms with van der Waals surface area (Å²) in [5.74, 6) is 1.24. The molecule has 2 aliphatic rings. The lowest BCUT2D eigenvalue weighted by Gasteiger charge is -2.32. The normalized spacial score (nSPS) is 20.4. The topological polar surface area (TPSA) is 28.6 Å². The molecule has 1 fully saturated rings. The summed E-state index contributed by atoms with van der Waals surface area (Å²) in [5.41, 5.74) is 5.37. The monoisotopic (exact) mass is 393 g/mol. The number of pyridine rings is 1. The second-order valence-corrected chi connectivity index (χ2v) is 8.77. The highest BCUT2D eigenvalue weighted by Gasteiger charge is 2.26. The Kier molecular flexibility index (Phi) is 6.83. The van der Waals surface area contributed by atoms with Crippen molar-refractivity contribution in [2.45, 2.75) is 51.0 Å². The molecule has 0 amide bonds. The maximum absolute atomic E-state index is 5.32. The Morgan fingerprint density at radius 1 is 1.07 bits per heavy atom. The predicted octanol–water partition coefficient (Wildman–Crippen LogP) is 4.48. The molecule has 2 aromatic rings. The number of hydrogen-bond acceptors (Lipinski definition) is 4. The summed E-state index contributed by atoms with van der Waals surface area (Å²) in [6.07, 6.45) is 10.0. The van der Waals surface area contributed by atoms with Crippen LogP contribution in [0.1, 0.15) is 60.4 Å². The first-order valence-electron chi connectivity index (χ1n) is 11.3. The molecule has 29 heavy (non-hydrogen) atoms. The molecule has 3 heterocycles. The molecule has 1 aromatic heterocycles. The van der Waals surface area contributed by atoms with Crippen molar-refractivity contribution in [1.29, 1.82) is 0 Å². The average Bonchev–Trinajstić information content (AvgIpc) is 2.77. The van der Waals surface area contributed by atoms with Gasteiger partial charge in [0.15, 0.2) is 0 Å². The van der Waals surface area contributed by atoms with Crippen molar-refractivity contribution in [1.82, 2.24) is 14.8 Å². The van der Waals surface area contributed by atoms with Crippen molar-refractivity contribution < 1.29 is 4.74 Å². The van der Waals surface area contributed by atoms with Gasteiger partial charge in [0, 0.05) is 25.2 Å². The second kappa shape index (κ2) is 9.73. The van der Waals surface area contributed by atoms with Gasteiger partial charge in [0.1, 0.15) is 5.75 Å². The summed E-state index contributed by atoms with van der Waals surface area (Å²) in [4.78, 5) is 10.0. The van der Waals surface area contributed by atoms with Crippen LogP contribution in [0.25, 0.3) is 0 Å². The molecule has 2 aliphatic heterocycles. The van der Waals surface area contributed by atoms with Crippen LogP contribution >= 0.6 is 0 Å². The van der Waals surface area contributed by atoms with E-state index in [1.807, 2.05) is 0 Å². The third-order valence-corrected chi connectivity index (χ3v) is 6.48. The van der Waals surface area contributed by atoms with Crippen molar-refractivity contribution >= 4 is 0 Å². The van der Waals surface area contributed by atoms with Gasteiger partial charge in [-0.05, 0) is 87.6 Å². The van der Waals surface area contributed by atoms with Gasteiger partial charge < -0.3 is 14.5 Å². The zero-order chi connectivity index (χ0) is 20.1. The maximum Gasteiger partial charge on any atom is 0.118 e. The molecule has 1 unspecified atom stereocenters. The Morgan fingerprint density at radius 2 is 1.86 bits per heavy atom. The van der Waals surface area contributed by atoms with Crippen molar-refractivity contribution in [3.05, 3.63) is 58.9 Å². The van der Waals surface area contributed by atoms with E-state index in [-0.39, 0.29) is 0 Å². The Morgan fingerprint density at radius 3 is 2.62 bits per heavy atom. The fourth-order valence-electron chi connectivity index (χ4n) is 4.85. The number of hydrogen-bond donors (Lipinski definition) is 0. The number of methoxy groups -OCH3 is 1. The van der Waals surface area contributed by atoms with E-state index in [2.05, 4.69) is 53.4 Å². The fourth-order valence-corrected chi connectivity index (χ4v) is 4.85. The molecular weight excluding hydrogens is 358 g/mol. The van der Waals surface area contributed by atoms with Crippen molar-refractivity contribution in [2.24, 2.45) is 0 Å². The summed E-state index contributed by atoms with van der Waals surface area (Å²) in [7, 11) is 3.93. The number of rotatable bonds is 7. The van der Waals surface area contributed by atoms with Gasteiger partial charge in [-0.1, -0.05) is 24.6 Å². The average molecular weight is 394 g/mol. The summed E-state index contributed by atoms with van der Waals surface area (Å²) >= 11 is 0. The quantitative estimate of drug-likeness (QED) is 0.649. The van der Waals surface area contributed by atoms with E-state index >= 15 is 0 Å². The number of piperidine rings is 1. The van der Waals surface area contributed by atoms with E-state index in [1.54, 1.807) is 7.11 Å². The number of likely N-dealkylation sites (tertiary alicyclic amines) is 1. The van der Waals surface area contributed by atoms with Crippen LogP contribution in [0.5, 0.6) is 5.75 Å². The van der Waals surface area contributed by atoms with E-state index in [1.165, 1.54) is 74.1 Å². The highest BCUT2D eigenvalue weighted by atomic mass is 16.5. The Balaban J connectivity index is 1.39. The number of benzene rings is 1. The number of fused-ring (bicyclic) bond motifs is 1. The first-order chi connectivity index (χ1) is 14.2. The van der Waals surface area contributed by atoms with E-state index in [4.69, 9.17) is 9.72 Å². The number of likely N-dealkylation sites (N-methyl/N-ethyl adjacent to an activating group) is 1. The molecule has 0 bridgehead atoms. The number of aryl methyl sites for hydroxylation is 1. The third kappa shape index (κ3) is 5.18. The molecule has 0 saturated carbocycles. The van der Waals surface area contributed by atoms with Crippen molar-refractivity contribution in [3.63, 3.8) is 0 Å². The van der Waals surface area contributed by atoms with Crippen molar-refractivity contribution in [3.8, 4) is 5.75 Å². The van der Waals surface area contributed by atoms with Gasteiger partial charge >= 0.3 is 0 Å². The standard InChI is InChI=1S/C25H35N3O/c1-27-18-22-16-20(8-4-7-15-28-13-5-3-6-14-28)17-26-25(22)24(19-27)21-9-11-23(29-2)12-10-21/h9-12,16-17,24H,3-8,13-15,18-19H2,1-2H3. The van der Waals surface area contributed by atoms with Gasteiger partial charge in [-0.15, -0.1) is 0 Å². The lowest BCUT2D eigenvalue weighted by molar-refractivity contribution is 0.225. The molecule has 4 rings (SSSR count). The van der Waals surface area contributed by atoms with E-state index < -0.39 is 0 Å². The maximum atomic E-state index is 5.32. The summed E-state index contributed by atoms with van der Waals surface area (Å²) in [6, 6.07) is 10.9. The van der Waals surface area contributed by atoms with Gasteiger partial charge in [-0.3, -0.25) is 4.98 Å². The van der Waals surface area contributed by atoms with Crippen LogP contribution in [0.15, 0.2) is 36.5 Å². The Labute approximate surface area is 175 Å². The lowest BCUT2D eigenvalue weighted by atomic mass is 9.88. The van der Waals surface area contributed by atoms with Crippen LogP contribution in [0.2, 0.25) is 0 Å². The first-order valence-corrected chi connectivity index (χ1v) is 11.3. The number of aromatic nitrogens is 1. The molecule has 1 atom stereocenters. The molecule has 0 radical (unpaired) electrons.